The maximum Gasteiger partial charge on any atom is 0.335 e. The third-order valence-electron chi connectivity index (χ3n) is 2.75. The molecule has 7 heteroatoms. The van der Waals surface area contributed by atoms with Crippen molar-refractivity contribution in [3.05, 3.63) is 46.5 Å². The highest BCUT2D eigenvalue weighted by Gasteiger charge is 2.10. The van der Waals surface area contributed by atoms with Crippen molar-refractivity contribution >= 4 is 23.4 Å². The molecule has 0 spiro atoms. The molecule has 0 aliphatic carbocycles. The van der Waals surface area contributed by atoms with Gasteiger partial charge in [-0.3, -0.25) is 4.79 Å². The molecule has 0 saturated heterocycles. The number of aryl methyl sites for hydroxylation is 1. The fourth-order valence-corrected chi connectivity index (χ4v) is 2.32. The summed E-state index contributed by atoms with van der Waals surface area (Å²) in [4.78, 5) is 22.5. The Labute approximate surface area is 125 Å². The first-order valence-electron chi connectivity index (χ1n) is 6.23. The van der Waals surface area contributed by atoms with E-state index in [0.29, 0.717) is 30.2 Å². The van der Waals surface area contributed by atoms with Crippen molar-refractivity contribution in [2.75, 3.05) is 13.2 Å². The van der Waals surface area contributed by atoms with E-state index < -0.39 is 5.97 Å². The number of ether oxygens (including phenoxy) is 1. The first-order valence-corrected chi connectivity index (χ1v) is 7.07. The van der Waals surface area contributed by atoms with Crippen molar-refractivity contribution in [3.63, 3.8) is 0 Å². The molecule has 0 fully saturated rings. The lowest BCUT2D eigenvalue weighted by Crippen LogP contribution is -2.28. The molecule has 1 heterocycles. The van der Waals surface area contributed by atoms with Crippen LogP contribution in [0.15, 0.2) is 29.6 Å². The molecule has 0 unspecified atom stereocenters. The molecule has 110 valence electrons. The molecule has 0 aliphatic rings. The Morgan fingerprint density at radius 1 is 1.33 bits per heavy atom. The van der Waals surface area contributed by atoms with Gasteiger partial charge < -0.3 is 15.2 Å². The van der Waals surface area contributed by atoms with Gasteiger partial charge in [0.05, 0.1) is 23.4 Å². The summed E-state index contributed by atoms with van der Waals surface area (Å²) in [7, 11) is 0. The molecule has 0 radical (unpaired) electrons. The Bertz CT molecular complexity index is 637. The monoisotopic (exact) mass is 306 g/mol. The molecule has 1 aromatic heterocycles. The van der Waals surface area contributed by atoms with Crippen molar-refractivity contribution in [1.82, 2.24) is 9.69 Å². The van der Waals surface area contributed by atoms with E-state index >= 15 is 0 Å². The summed E-state index contributed by atoms with van der Waals surface area (Å²) in [6.45, 7) is 2.44. The van der Waals surface area contributed by atoms with Crippen LogP contribution in [0.2, 0.25) is 0 Å². The third-order valence-corrected chi connectivity index (χ3v) is 3.47. The number of nitrogens with zero attached hydrogens (tertiary/aromatic N) is 1. The molecule has 2 rings (SSSR count). The molecule has 1 amide bonds. The highest BCUT2D eigenvalue weighted by atomic mass is 32.1. The van der Waals surface area contributed by atoms with Crippen LogP contribution in [0.5, 0.6) is 5.75 Å². The van der Waals surface area contributed by atoms with Gasteiger partial charge in [0.15, 0.2) is 0 Å². The number of carbonyl (C=O) groups is 2. The van der Waals surface area contributed by atoms with Crippen LogP contribution in [-0.2, 0) is 0 Å². The van der Waals surface area contributed by atoms with Crippen molar-refractivity contribution in [2.24, 2.45) is 0 Å². The average Bonchev–Trinajstić information content (AvgIpc) is 2.90. The average molecular weight is 306 g/mol. The summed E-state index contributed by atoms with van der Waals surface area (Å²) >= 11 is 1.24. The smallest absolute Gasteiger partial charge is 0.335 e. The number of hydrogen-bond donors (Lipinski definition) is 2. The second-order valence-electron chi connectivity index (χ2n) is 4.25. The maximum atomic E-state index is 11.8. The summed E-state index contributed by atoms with van der Waals surface area (Å²) in [6.07, 6.45) is 0. The van der Waals surface area contributed by atoms with Crippen molar-refractivity contribution in [1.29, 1.82) is 0 Å². The predicted molar refractivity (Wildman–Crippen MR) is 78.1 cm³/mol. The van der Waals surface area contributed by atoms with Crippen molar-refractivity contribution in [2.45, 2.75) is 6.92 Å². The van der Waals surface area contributed by atoms with Gasteiger partial charge in [0, 0.05) is 5.38 Å². The number of rotatable bonds is 6. The van der Waals surface area contributed by atoms with Gasteiger partial charge in [-0.2, -0.15) is 4.37 Å². The Morgan fingerprint density at radius 2 is 2.05 bits per heavy atom. The van der Waals surface area contributed by atoms with Crippen LogP contribution < -0.4 is 10.1 Å². The number of carbonyl (C=O) groups excluding carboxylic acids is 1. The van der Waals surface area contributed by atoms with E-state index in [9.17, 15) is 9.59 Å². The molecular weight excluding hydrogens is 292 g/mol. The highest BCUT2D eigenvalue weighted by Crippen LogP contribution is 2.12. The number of benzene rings is 1. The van der Waals surface area contributed by atoms with Crippen LogP contribution in [-0.4, -0.2) is 34.5 Å². The fourth-order valence-electron chi connectivity index (χ4n) is 1.63. The number of hydrogen-bond acceptors (Lipinski definition) is 5. The molecule has 0 bridgehead atoms. The lowest BCUT2D eigenvalue weighted by atomic mass is 10.2. The van der Waals surface area contributed by atoms with E-state index in [1.165, 1.54) is 23.7 Å². The van der Waals surface area contributed by atoms with E-state index in [-0.39, 0.29) is 11.5 Å². The maximum absolute atomic E-state index is 11.8. The van der Waals surface area contributed by atoms with Gasteiger partial charge in [0.1, 0.15) is 12.4 Å². The molecule has 0 atom stereocenters. The Balaban J connectivity index is 1.76. The topological polar surface area (TPSA) is 88.5 Å². The number of carboxylic acids is 1. The lowest BCUT2D eigenvalue weighted by Gasteiger charge is -2.07. The number of aromatic nitrogens is 1. The zero-order valence-electron chi connectivity index (χ0n) is 11.3. The Kier molecular flexibility index (Phi) is 4.89. The minimum absolute atomic E-state index is 0.175. The molecule has 6 nitrogen and oxygen atoms in total. The van der Waals surface area contributed by atoms with E-state index in [1.807, 2.05) is 0 Å². The number of amides is 1. The highest BCUT2D eigenvalue weighted by molar-refractivity contribution is 7.03. The molecule has 2 N–H and O–H groups in total. The SMILES string of the molecule is Cc1nscc1C(=O)NCCOc1ccc(C(=O)O)cc1. The summed E-state index contributed by atoms with van der Waals surface area (Å²) < 4.78 is 9.46. The van der Waals surface area contributed by atoms with Crippen molar-refractivity contribution < 1.29 is 19.4 Å². The van der Waals surface area contributed by atoms with E-state index in [1.54, 1.807) is 24.4 Å². The molecule has 1 aromatic carbocycles. The van der Waals surface area contributed by atoms with Crippen LogP contribution in [0.25, 0.3) is 0 Å². The summed E-state index contributed by atoms with van der Waals surface area (Å²) in [5.41, 5.74) is 1.49. The first kappa shape index (κ1) is 15.0. The van der Waals surface area contributed by atoms with Crippen LogP contribution >= 0.6 is 11.5 Å². The predicted octanol–water partition coefficient (Wildman–Crippen LogP) is 1.96. The second kappa shape index (κ2) is 6.85. The minimum Gasteiger partial charge on any atom is -0.492 e. The van der Waals surface area contributed by atoms with E-state index in [0.717, 1.165) is 0 Å². The fraction of sp³-hybridized carbons (Fsp3) is 0.214. The Morgan fingerprint density at radius 3 is 2.62 bits per heavy atom. The normalized spacial score (nSPS) is 10.1. The summed E-state index contributed by atoms with van der Waals surface area (Å²) in [5.74, 6) is -0.595. The summed E-state index contributed by atoms with van der Waals surface area (Å²) in [5, 5.41) is 13.2. The van der Waals surface area contributed by atoms with Gasteiger partial charge in [-0.25, -0.2) is 4.79 Å². The quantitative estimate of drug-likeness (QED) is 0.796. The zero-order valence-corrected chi connectivity index (χ0v) is 12.1. The Hall–Kier alpha value is -2.41. The van der Waals surface area contributed by atoms with E-state index in [4.69, 9.17) is 9.84 Å². The molecule has 2 aromatic rings. The third kappa shape index (κ3) is 4.03. The van der Waals surface area contributed by atoms with Gasteiger partial charge in [-0.1, -0.05) is 0 Å². The van der Waals surface area contributed by atoms with Gasteiger partial charge in [0.25, 0.3) is 5.91 Å². The standard InChI is InChI=1S/C14H14N2O4S/c1-9-12(8-21-16-9)13(17)15-6-7-20-11-4-2-10(3-5-11)14(18)19/h2-5,8H,6-7H2,1H3,(H,15,17)(H,18,19). The number of aromatic carboxylic acids is 1. The van der Waals surface area contributed by atoms with Gasteiger partial charge >= 0.3 is 5.97 Å². The minimum atomic E-state index is -0.978. The van der Waals surface area contributed by atoms with Gasteiger partial charge in [-0.15, -0.1) is 0 Å². The van der Waals surface area contributed by atoms with Crippen LogP contribution in [0.4, 0.5) is 0 Å². The largest absolute Gasteiger partial charge is 0.492 e. The van der Waals surface area contributed by atoms with Gasteiger partial charge in [0.2, 0.25) is 0 Å². The second-order valence-corrected chi connectivity index (χ2v) is 4.88. The summed E-state index contributed by atoms with van der Waals surface area (Å²) in [6, 6.07) is 6.10. The van der Waals surface area contributed by atoms with Crippen LogP contribution in [0.1, 0.15) is 26.4 Å². The molecular formula is C14H14N2O4S. The molecule has 21 heavy (non-hydrogen) atoms. The van der Waals surface area contributed by atoms with Crippen LogP contribution in [0, 0.1) is 6.92 Å². The first-order chi connectivity index (χ1) is 10.1. The zero-order chi connectivity index (χ0) is 15.2. The van der Waals surface area contributed by atoms with Gasteiger partial charge in [-0.05, 0) is 42.7 Å². The van der Waals surface area contributed by atoms with Crippen LogP contribution in [0.3, 0.4) is 0 Å². The van der Waals surface area contributed by atoms with E-state index in [2.05, 4.69) is 9.69 Å². The molecule has 0 aliphatic heterocycles. The van der Waals surface area contributed by atoms with Crippen molar-refractivity contribution in [3.8, 4) is 5.75 Å². The lowest BCUT2D eigenvalue weighted by molar-refractivity contribution is 0.0696. The number of carboxylic acid groups (broad SMARTS) is 1. The molecule has 0 saturated carbocycles. The number of nitrogens with one attached hydrogen (secondary N) is 1.